The molecule has 4 nitrogen and oxygen atoms in total. The van der Waals surface area contributed by atoms with Crippen LogP contribution in [0.15, 0.2) is 18.3 Å². The SMILES string of the molecule is Cc1ccc(C(=O)N2CCCC(CN)C2)cn1.Cl.Cl. The van der Waals surface area contributed by atoms with E-state index in [1.165, 1.54) is 0 Å². The number of hydrogen-bond acceptors (Lipinski definition) is 3. The van der Waals surface area contributed by atoms with Crippen molar-refractivity contribution in [3.05, 3.63) is 29.6 Å². The molecule has 108 valence electrons. The van der Waals surface area contributed by atoms with Crippen LogP contribution in [0.2, 0.25) is 0 Å². The maximum absolute atomic E-state index is 12.2. The van der Waals surface area contributed by atoms with Gasteiger partial charge in [-0.05, 0) is 44.4 Å². The molecule has 1 aromatic rings. The molecular weight excluding hydrogens is 285 g/mol. The van der Waals surface area contributed by atoms with Gasteiger partial charge in [-0.15, -0.1) is 24.8 Å². The highest BCUT2D eigenvalue weighted by atomic mass is 35.5. The van der Waals surface area contributed by atoms with Crippen LogP contribution in [0.3, 0.4) is 0 Å². The van der Waals surface area contributed by atoms with Crippen molar-refractivity contribution in [3.63, 3.8) is 0 Å². The molecule has 0 bridgehead atoms. The first-order valence-corrected chi connectivity index (χ1v) is 6.12. The van der Waals surface area contributed by atoms with E-state index in [1.54, 1.807) is 6.20 Å². The quantitative estimate of drug-likeness (QED) is 0.909. The van der Waals surface area contributed by atoms with Crippen molar-refractivity contribution in [2.24, 2.45) is 11.7 Å². The van der Waals surface area contributed by atoms with Crippen LogP contribution in [0.1, 0.15) is 28.9 Å². The number of carbonyl (C=O) groups excluding carboxylic acids is 1. The number of carbonyl (C=O) groups is 1. The second kappa shape index (κ2) is 8.35. The molecule has 0 aliphatic carbocycles. The molecule has 2 rings (SSSR count). The number of nitrogens with zero attached hydrogens (tertiary/aromatic N) is 2. The zero-order chi connectivity index (χ0) is 12.3. The summed E-state index contributed by atoms with van der Waals surface area (Å²) in [5.41, 5.74) is 7.28. The third-order valence-electron chi connectivity index (χ3n) is 3.30. The molecule has 19 heavy (non-hydrogen) atoms. The van der Waals surface area contributed by atoms with E-state index in [1.807, 2.05) is 24.0 Å². The molecule has 2 heterocycles. The van der Waals surface area contributed by atoms with E-state index in [0.29, 0.717) is 18.0 Å². The van der Waals surface area contributed by atoms with Gasteiger partial charge in [-0.3, -0.25) is 9.78 Å². The molecule has 0 saturated carbocycles. The van der Waals surface area contributed by atoms with E-state index in [-0.39, 0.29) is 30.7 Å². The van der Waals surface area contributed by atoms with E-state index < -0.39 is 0 Å². The summed E-state index contributed by atoms with van der Waals surface area (Å²) < 4.78 is 0. The molecule has 1 saturated heterocycles. The molecular formula is C13H21Cl2N3O. The van der Waals surface area contributed by atoms with Crippen LogP contribution in [0, 0.1) is 12.8 Å². The number of hydrogen-bond donors (Lipinski definition) is 1. The molecule has 0 spiro atoms. The molecule has 1 unspecified atom stereocenters. The van der Waals surface area contributed by atoms with Crippen molar-refractivity contribution >= 4 is 30.7 Å². The van der Waals surface area contributed by atoms with Gasteiger partial charge in [0.25, 0.3) is 5.91 Å². The average Bonchev–Trinajstić information content (AvgIpc) is 2.39. The molecule has 0 radical (unpaired) electrons. The highest BCUT2D eigenvalue weighted by Gasteiger charge is 2.23. The van der Waals surface area contributed by atoms with E-state index in [9.17, 15) is 4.79 Å². The van der Waals surface area contributed by atoms with Gasteiger partial charge in [-0.1, -0.05) is 0 Å². The molecule has 1 fully saturated rings. The van der Waals surface area contributed by atoms with Crippen molar-refractivity contribution in [1.82, 2.24) is 9.88 Å². The Bertz CT molecular complexity index is 397. The van der Waals surface area contributed by atoms with E-state index in [0.717, 1.165) is 31.6 Å². The van der Waals surface area contributed by atoms with E-state index in [2.05, 4.69) is 4.98 Å². The van der Waals surface area contributed by atoms with Crippen LogP contribution >= 0.6 is 24.8 Å². The smallest absolute Gasteiger partial charge is 0.255 e. The van der Waals surface area contributed by atoms with Crippen molar-refractivity contribution in [2.75, 3.05) is 19.6 Å². The number of rotatable bonds is 2. The maximum atomic E-state index is 12.2. The van der Waals surface area contributed by atoms with Gasteiger partial charge in [0.2, 0.25) is 0 Å². The summed E-state index contributed by atoms with van der Waals surface area (Å²) in [6, 6.07) is 3.72. The fourth-order valence-corrected chi connectivity index (χ4v) is 2.22. The summed E-state index contributed by atoms with van der Waals surface area (Å²) in [7, 11) is 0. The lowest BCUT2D eigenvalue weighted by Crippen LogP contribution is -2.42. The minimum Gasteiger partial charge on any atom is -0.338 e. The number of piperidine rings is 1. The second-order valence-corrected chi connectivity index (χ2v) is 4.68. The van der Waals surface area contributed by atoms with Crippen LogP contribution in [0.5, 0.6) is 0 Å². The van der Waals surface area contributed by atoms with Gasteiger partial charge in [0.05, 0.1) is 5.56 Å². The Hall–Kier alpha value is -0.840. The lowest BCUT2D eigenvalue weighted by molar-refractivity contribution is 0.0678. The summed E-state index contributed by atoms with van der Waals surface area (Å²) in [6.07, 6.45) is 3.84. The molecule has 6 heteroatoms. The van der Waals surface area contributed by atoms with Gasteiger partial charge in [0, 0.05) is 25.0 Å². The second-order valence-electron chi connectivity index (χ2n) is 4.68. The largest absolute Gasteiger partial charge is 0.338 e. The van der Waals surface area contributed by atoms with Crippen LogP contribution in [-0.2, 0) is 0 Å². The third-order valence-corrected chi connectivity index (χ3v) is 3.30. The molecule has 1 aliphatic heterocycles. The van der Waals surface area contributed by atoms with E-state index >= 15 is 0 Å². The van der Waals surface area contributed by atoms with Gasteiger partial charge in [-0.2, -0.15) is 0 Å². The number of nitrogens with two attached hydrogens (primary N) is 1. The first kappa shape index (κ1) is 18.2. The first-order valence-electron chi connectivity index (χ1n) is 6.12. The number of pyridine rings is 1. The molecule has 1 aliphatic rings. The highest BCUT2D eigenvalue weighted by Crippen LogP contribution is 2.17. The van der Waals surface area contributed by atoms with E-state index in [4.69, 9.17) is 5.73 Å². The highest BCUT2D eigenvalue weighted by molar-refractivity contribution is 5.94. The predicted molar refractivity (Wildman–Crippen MR) is 81.2 cm³/mol. The van der Waals surface area contributed by atoms with Gasteiger partial charge >= 0.3 is 0 Å². The minimum atomic E-state index is 0. The Kier molecular flexibility index (Phi) is 7.99. The number of aryl methyl sites for hydroxylation is 1. The third kappa shape index (κ3) is 4.64. The lowest BCUT2D eigenvalue weighted by atomic mass is 9.98. The van der Waals surface area contributed by atoms with Crippen LogP contribution < -0.4 is 5.73 Å². The molecule has 1 amide bonds. The van der Waals surface area contributed by atoms with Crippen molar-refractivity contribution in [3.8, 4) is 0 Å². The average molecular weight is 306 g/mol. The summed E-state index contributed by atoms with van der Waals surface area (Å²) in [5.74, 6) is 0.529. The van der Waals surface area contributed by atoms with Crippen molar-refractivity contribution in [2.45, 2.75) is 19.8 Å². The van der Waals surface area contributed by atoms with Crippen molar-refractivity contribution < 1.29 is 4.79 Å². The summed E-state index contributed by atoms with van der Waals surface area (Å²) >= 11 is 0. The standard InChI is InChI=1S/C13H19N3O.2ClH/c1-10-4-5-12(8-15-10)13(17)16-6-2-3-11(7-14)9-16;;/h4-5,8,11H,2-3,6-7,9,14H2,1H3;2*1H. The molecule has 1 aromatic heterocycles. The number of halogens is 2. The Balaban J connectivity index is 0.00000162. The summed E-state index contributed by atoms with van der Waals surface area (Å²) in [5, 5.41) is 0. The summed E-state index contributed by atoms with van der Waals surface area (Å²) in [4.78, 5) is 18.3. The van der Waals surface area contributed by atoms with Crippen LogP contribution in [0.25, 0.3) is 0 Å². The van der Waals surface area contributed by atoms with Gasteiger partial charge in [0.1, 0.15) is 0 Å². The zero-order valence-electron chi connectivity index (χ0n) is 11.0. The first-order chi connectivity index (χ1) is 8.20. The summed E-state index contributed by atoms with van der Waals surface area (Å²) in [6.45, 7) is 4.20. The number of likely N-dealkylation sites (tertiary alicyclic amines) is 1. The predicted octanol–water partition coefficient (Wildman–Crippen LogP) is 2.04. The Morgan fingerprint density at radius 3 is 2.79 bits per heavy atom. The topological polar surface area (TPSA) is 59.2 Å². The number of aromatic nitrogens is 1. The minimum absolute atomic E-state index is 0. The number of amides is 1. The lowest BCUT2D eigenvalue weighted by Gasteiger charge is -2.32. The fraction of sp³-hybridized carbons (Fsp3) is 0.538. The van der Waals surface area contributed by atoms with Gasteiger partial charge in [-0.25, -0.2) is 0 Å². The Morgan fingerprint density at radius 2 is 2.21 bits per heavy atom. The van der Waals surface area contributed by atoms with Gasteiger partial charge in [0.15, 0.2) is 0 Å². The van der Waals surface area contributed by atoms with Gasteiger partial charge < -0.3 is 10.6 Å². The van der Waals surface area contributed by atoms with Crippen LogP contribution in [-0.4, -0.2) is 35.4 Å². The normalized spacial score (nSPS) is 18.2. The molecule has 1 atom stereocenters. The Morgan fingerprint density at radius 1 is 1.47 bits per heavy atom. The molecule has 2 N–H and O–H groups in total. The maximum Gasteiger partial charge on any atom is 0.255 e. The zero-order valence-corrected chi connectivity index (χ0v) is 12.7. The van der Waals surface area contributed by atoms with Crippen LogP contribution in [0.4, 0.5) is 0 Å². The monoisotopic (exact) mass is 305 g/mol. The fourth-order valence-electron chi connectivity index (χ4n) is 2.22. The molecule has 0 aromatic carbocycles. The van der Waals surface area contributed by atoms with Crippen molar-refractivity contribution in [1.29, 1.82) is 0 Å². The Labute approximate surface area is 126 Å².